The molecule has 1 aromatic heterocycles. The van der Waals surface area contributed by atoms with E-state index < -0.39 is 29.2 Å². The lowest BCUT2D eigenvalue weighted by Crippen LogP contribution is -2.47. The average molecular weight is 299 g/mol. The Hall–Kier alpha value is -2.03. The number of carboxylic acids is 1. The van der Waals surface area contributed by atoms with E-state index in [2.05, 4.69) is 4.98 Å². The second-order valence-electron chi connectivity index (χ2n) is 4.25. The molecule has 20 heavy (non-hydrogen) atoms. The number of amides is 1. The number of carbonyl (C=O) groups excluding carboxylic acids is 1. The lowest BCUT2D eigenvalue weighted by Gasteiger charge is -2.26. The van der Waals surface area contributed by atoms with Gasteiger partial charge in [-0.25, -0.2) is 9.59 Å². The summed E-state index contributed by atoms with van der Waals surface area (Å²) >= 11 is 1.36. The van der Waals surface area contributed by atoms with Gasteiger partial charge in [0.25, 0.3) is 11.5 Å². The Morgan fingerprint density at radius 2 is 2.20 bits per heavy atom. The molecule has 0 aromatic carbocycles. The third kappa shape index (κ3) is 2.48. The molecular weight excluding hydrogens is 286 g/mol. The van der Waals surface area contributed by atoms with E-state index in [1.165, 1.54) is 16.7 Å². The van der Waals surface area contributed by atoms with E-state index in [9.17, 15) is 19.2 Å². The first-order chi connectivity index (χ1) is 9.45. The van der Waals surface area contributed by atoms with Gasteiger partial charge in [0.1, 0.15) is 11.6 Å². The van der Waals surface area contributed by atoms with E-state index in [0.717, 1.165) is 6.20 Å². The van der Waals surface area contributed by atoms with Gasteiger partial charge in [-0.2, -0.15) is 0 Å². The van der Waals surface area contributed by atoms with Gasteiger partial charge in [0.15, 0.2) is 0 Å². The third-order valence-electron chi connectivity index (χ3n) is 3.01. The number of hydrogen-bond donors (Lipinski definition) is 3. The van der Waals surface area contributed by atoms with Crippen LogP contribution in [-0.4, -0.2) is 49.0 Å². The highest BCUT2D eigenvalue weighted by atomic mass is 32.2. The van der Waals surface area contributed by atoms with E-state index >= 15 is 0 Å². The molecule has 0 aliphatic carbocycles. The molecular formula is C11H13N3O5S. The zero-order valence-corrected chi connectivity index (χ0v) is 11.4. The minimum Gasteiger partial charge on any atom is -0.480 e. The number of aliphatic carboxylic acids is 1. The number of thioether (sulfide) groups is 1. The molecule has 2 unspecified atom stereocenters. The highest BCUT2D eigenvalue weighted by molar-refractivity contribution is 8.00. The van der Waals surface area contributed by atoms with Crippen molar-refractivity contribution in [3.8, 4) is 0 Å². The quantitative estimate of drug-likeness (QED) is 0.687. The van der Waals surface area contributed by atoms with Crippen LogP contribution in [-0.2, 0) is 4.79 Å². The number of rotatable bonds is 3. The van der Waals surface area contributed by atoms with Crippen molar-refractivity contribution in [1.82, 2.24) is 14.9 Å². The number of nitrogens with zero attached hydrogens (tertiary/aromatic N) is 1. The minimum absolute atomic E-state index is 0.267. The largest absolute Gasteiger partial charge is 0.480 e. The molecule has 1 fully saturated rings. The summed E-state index contributed by atoms with van der Waals surface area (Å²) in [6, 6.07) is -0.969. The summed E-state index contributed by atoms with van der Waals surface area (Å²) < 4.78 is 0. The number of carbonyl (C=O) groups is 2. The molecule has 1 amide bonds. The summed E-state index contributed by atoms with van der Waals surface area (Å²) in [7, 11) is 0. The molecule has 0 bridgehead atoms. The molecule has 2 atom stereocenters. The van der Waals surface area contributed by atoms with Gasteiger partial charge < -0.3 is 15.0 Å². The van der Waals surface area contributed by atoms with Crippen LogP contribution in [0.5, 0.6) is 0 Å². The standard InChI is InChI=1S/C11H13N3O5S/c1-2-7-14(6(4-20-7)10(17)18)9(16)5-3-12-11(19)13-8(5)15/h3,6-7H,2,4H2,1H3,(H,17,18)(H2,12,13,15,19). The van der Waals surface area contributed by atoms with Crippen LogP contribution in [0.15, 0.2) is 15.8 Å². The van der Waals surface area contributed by atoms with Gasteiger partial charge in [-0.05, 0) is 6.42 Å². The van der Waals surface area contributed by atoms with Gasteiger partial charge in [0.05, 0.1) is 5.37 Å². The smallest absolute Gasteiger partial charge is 0.327 e. The second-order valence-corrected chi connectivity index (χ2v) is 5.46. The number of nitrogens with one attached hydrogen (secondary N) is 2. The molecule has 1 aromatic rings. The zero-order chi connectivity index (χ0) is 14.9. The molecule has 108 valence electrons. The van der Waals surface area contributed by atoms with Crippen LogP contribution in [0.1, 0.15) is 23.7 Å². The average Bonchev–Trinajstić information content (AvgIpc) is 2.81. The molecule has 2 heterocycles. The van der Waals surface area contributed by atoms with Crippen molar-refractivity contribution in [2.45, 2.75) is 24.8 Å². The minimum atomic E-state index is -1.11. The van der Waals surface area contributed by atoms with Crippen LogP contribution in [0, 0.1) is 0 Å². The fraction of sp³-hybridized carbons (Fsp3) is 0.455. The predicted molar refractivity (Wildman–Crippen MR) is 71.8 cm³/mol. The maximum atomic E-state index is 12.4. The molecule has 3 N–H and O–H groups in total. The van der Waals surface area contributed by atoms with Crippen LogP contribution >= 0.6 is 11.8 Å². The summed E-state index contributed by atoms with van der Waals surface area (Å²) in [5, 5.41) is 8.86. The predicted octanol–water partition coefficient (Wildman–Crippen LogP) is -0.558. The lowest BCUT2D eigenvalue weighted by atomic mass is 10.2. The molecule has 0 spiro atoms. The van der Waals surface area contributed by atoms with Crippen LogP contribution in [0.2, 0.25) is 0 Å². The number of aromatic amines is 2. The van der Waals surface area contributed by atoms with Crippen molar-refractivity contribution in [3.05, 3.63) is 32.6 Å². The van der Waals surface area contributed by atoms with Crippen LogP contribution in [0.3, 0.4) is 0 Å². The SMILES string of the molecule is CCC1SCC(C(=O)O)N1C(=O)c1c[nH]c(=O)[nH]c1=O. The number of aromatic nitrogens is 2. The Kier molecular flexibility index (Phi) is 3.98. The van der Waals surface area contributed by atoms with Crippen molar-refractivity contribution in [2.24, 2.45) is 0 Å². The van der Waals surface area contributed by atoms with Crippen molar-refractivity contribution >= 4 is 23.6 Å². The van der Waals surface area contributed by atoms with E-state index in [0.29, 0.717) is 6.42 Å². The highest BCUT2D eigenvalue weighted by Crippen LogP contribution is 2.32. The van der Waals surface area contributed by atoms with Crippen molar-refractivity contribution in [1.29, 1.82) is 0 Å². The van der Waals surface area contributed by atoms with Crippen molar-refractivity contribution < 1.29 is 14.7 Å². The zero-order valence-electron chi connectivity index (χ0n) is 10.6. The third-order valence-corrected chi connectivity index (χ3v) is 4.46. The Bertz CT molecular complexity index is 652. The molecule has 0 saturated carbocycles. The number of carboxylic acid groups (broad SMARTS) is 1. The number of H-pyrrole nitrogens is 2. The van der Waals surface area contributed by atoms with Crippen molar-refractivity contribution in [2.75, 3.05) is 5.75 Å². The van der Waals surface area contributed by atoms with Gasteiger partial charge in [-0.15, -0.1) is 11.8 Å². The molecule has 0 radical (unpaired) electrons. The van der Waals surface area contributed by atoms with Gasteiger partial charge in [-0.1, -0.05) is 6.92 Å². The normalized spacial score (nSPS) is 21.9. The van der Waals surface area contributed by atoms with Gasteiger partial charge in [0.2, 0.25) is 0 Å². The Labute approximate surface area is 117 Å². The van der Waals surface area contributed by atoms with Gasteiger partial charge >= 0.3 is 11.7 Å². The lowest BCUT2D eigenvalue weighted by molar-refractivity contribution is -0.141. The van der Waals surface area contributed by atoms with Crippen LogP contribution in [0.25, 0.3) is 0 Å². The second kappa shape index (κ2) is 5.53. The Morgan fingerprint density at radius 1 is 1.50 bits per heavy atom. The fourth-order valence-electron chi connectivity index (χ4n) is 2.05. The Morgan fingerprint density at radius 3 is 2.75 bits per heavy atom. The topological polar surface area (TPSA) is 123 Å². The van der Waals surface area contributed by atoms with E-state index in [4.69, 9.17) is 5.11 Å². The maximum absolute atomic E-state index is 12.4. The van der Waals surface area contributed by atoms with Gasteiger partial charge in [0, 0.05) is 11.9 Å². The summed E-state index contributed by atoms with van der Waals surface area (Å²) in [6.07, 6.45) is 1.58. The first kappa shape index (κ1) is 14.4. The molecule has 8 nitrogen and oxygen atoms in total. The van der Waals surface area contributed by atoms with Crippen molar-refractivity contribution in [3.63, 3.8) is 0 Å². The Balaban J connectivity index is 2.41. The molecule has 2 rings (SSSR count). The maximum Gasteiger partial charge on any atom is 0.327 e. The highest BCUT2D eigenvalue weighted by Gasteiger charge is 2.41. The number of hydrogen-bond acceptors (Lipinski definition) is 5. The molecule has 1 aliphatic rings. The summed E-state index contributed by atoms with van der Waals surface area (Å²) in [4.78, 5) is 51.5. The van der Waals surface area contributed by atoms with E-state index in [-0.39, 0.29) is 16.7 Å². The fourth-order valence-corrected chi connectivity index (χ4v) is 3.39. The first-order valence-electron chi connectivity index (χ1n) is 5.94. The molecule has 9 heteroatoms. The van der Waals surface area contributed by atoms with Gasteiger partial charge in [-0.3, -0.25) is 14.6 Å². The molecule has 1 aliphatic heterocycles. The summed E-state index contributed by atoms with van der Waals surface area (Å²) in [5.41, 5.74) is -1.81. The van der Waals surface area contributed by atoms with E-state index in [1.807, 2.05) is 11.9 Å². The monoisotopic (exact) mass is 299 g/mol. The van der Waals surface area contributed by atoms with Crippen LogP contribution in [0.4, 0.5) is 0 Å². The summed E-state index contributed by atoms with van der Waals surface area (Å²) in [5.74, 6) is -1.52. The molecule has 1 saturated heterocycles. The van der Waals surface area contributed by atoms with Crippen LogP contribution < -0.4 is 11.2 Å². The van der Waals surface area contributed by atoms with E-state index in [1.54, 1.807) is 0 Å². The first-order valence-corrected chi connectivity index (χ1v) is 6.99. The summed E-state index contributed by atoms with van der Waals surface area (Å²) in [6.45, 7) is 1.83.